The summed E-state index contributed by atoms with van der Waals surface area (Å²) in [5.41, 5.74) is 1.77. The maximum absolute atomic E-state index is 12.7. The summed E-state index contributed by atoms with van der Waals surface area (Å²) in [7, 11) is 0. The van der Waals surface area contributed by atoms with Gasteiger partial charge < -0.3 is 14.7 Å². The highest BCUT2D eigenvalue weighted by molar-refractivity contribution is 5.80. The number of anilines is 1. The Morgan fingerprint density at radius 2 is 2.04 bits per heavy atom. The van der Waals surface area contributed by atoms with E-state index in [-0.39, 0.29) is 24.2 Å². The average molecular weight is 353 g/mol. The highest BCUT2D eigenvalue weighted by atomic mass is 16.5. The van der Waals surface area contributed by atoms with Gasteiger partial charge in [0.05, 0.1) is 5.92 Å². The quantitative estimate of drug-likeness (QED) is 0.648. The number of nitrogens with zero attached hydrogens (tertiary/aromatic N) is 1. The van der Waals surface area contributed by atoms with Crippen LogP contribution in [0.4, 0.5) is 5.69 Å². The molecule has 0 amide bonds. The van der Waals surface area contributed by atoms with Gasteiger partial charge in [-0.3, -0.25) is 4.79 Å². The Kier molecular flexibility index (Phi) is 4.80. The predicted octanol–water partition coefficient (Wildman–Crippen LogP) is 3.69. The van der Waals surface area contributed by atoms with Crippen molar-refractivity contribution in [1.29, 1.82) is 0 Å². The van der Waals surface area contributed by atoms with Gasteiger partial charge in [0.1, 0.15) is 5.75 Å². The molecule has 4 rings (SSSR count). The minimum atomic E-state index is -0.391. The monoisotopic (exact) mass is 353 g/mol. The molecule has 2 saturated carbocycles. The Hall–Kier alpha value is -2.15. The molecule has 4 heteroatoms. The fraction of sp³-hybridized carbons (Fsp3) is 0.591. The minimum Gasteiger partial charge on any atom is -0.508 e. The normalized spacial score (nSPS) is 25.3. The molecule has 1 unspecified atom stereocenters. The molecule has 138 valence electrons. The van der Waals surface area contributed by atoms with E-state index in [0.717, 1.165) is 56.3 Å². The first-order valence-electron chi connectivity index (χ1n) is 9.81. The number of hydrogen-bond donors (Lipinski definition) is 1. The number of piperidine rings is 1. The van der Waals surface area contributed by atoms with Crippen LogP contribution in [0.2, 0.25) is 0 Å². The molecule has 1 aliphatic heterocycles. The number of phenolic OH excluding ortho intramolecular Hbond substituents is 1. The van der Waals surface area contributed by atoms with Crippen molar-refractivity contribution in [3.05, 3.63) is 23.8 Å². The highest BCUT2D eigenvalue weighted by Gasteiger charge is 2.45. The number of carbonyl (C=O) groups excluding carboxylic acids is 1. The minimum absolute atomic E-state index is 0.119. The number of benzene rings is 1. The third kappa shape index (κ3) is 3.40. The van der Waals surface area contributed by atoms with E-state index in [1.165, 1.54) is 6.42 Å². The number of aromatic hydroxyl groups is 1. The zero-order chi connectivity index (χ0) is 18.1. The van der Waals surface area contributed by atoms with Gasteiger partial charge in [-0.25, -0.2) is 0 Å². The summed E-state index contributed by atoms with van der Waals surface area (Å²) in [6.45, 7) is 4.03. The summed E-state index contributed by atoms with van der Waals surface area (Å²) in [6.07, 6.45) is 5.65. The van der Waals surface area contributed by atoms with Crippen LogP contribution < -0.4 is 4.90 Å². The van der Waals surface area contributed by atoms with Gasteiger partial charge in [-0.05, 0) is 50.0 Å². The number of fused-ring (bicyclic) bond motifs is 1. The van der Waals surface area contributed by atoms with E-state index in [1.807, 2.05) is 12.1 Å². The second kappa shape index (κ2) is 7.23. The van der Waals surface area contributed by atoms with Crippen molar-refractivity contribution >= 4 is 11.7 Å². The van der Waals surface area contributed by atoms with E-state index < -0.39 is 5.92 Å². The van der Waals surface area contributed by atoms with E-state index >= 15 is 0 Å². The van der Waals surface area contributed by atoms with E-state index in [0.29, 0.717) is 5.56 Å². The Balaban J connectivity index is 1.55. The molecule has 0 aromatic heterocycles. The molecule has 3 atom stereocenters. The molecule has 1 aromatic rings. The first-order valence-corrected chi connectivity index (χ1v) is 9.81. The van der Waals surface area contributed by atoms with Crippen LogP contribution >= 0.6 is 0 Å². The highest BCUT2D eigenvalue weighted by Crippen LogP contribution is 2.47. The van der Waals surface area contributed by atoms with Gasteiger partial charge in [-0.2, -0.15) is 0 Å². The molecule has 2 aliphatic carbocycles. The number of phenols is 1. The zero-order valence-corrected chi connectivity index (χ0v) is 15.4. The molecule has 1 saturated heterocycles. The molecular formula is C22H27NO3. The van der Waals surface area contributed by atoms with E-state index in [4.69, 9.17) is 4.74 Å². The van der Waals surface area contributed by atoms with Gasteiger partial charge in [0, 0.05) is 30.4 Å². The van der Waals surface area contributed by atoms with Crippen molar-refractivity contribution in [3.63, 3.8) is 0 Å². The van der Waals surface area contributed by atoms with Crippen molar-refractivity contribution in [2.45, 2.75) is 44.9 Å². The van der Waals surface area contributed by atoms with E-state index in [1.54, 1.807) is 6.92 Å². The summed E-state index contributed by atoms with van der Waals surface area (Å²) < 4.78 is 5.38. The van der Waals surface area contributed by atoms with Crippen molar-refractivity contribution in [1.82, 2.24) is 0 Å². The van der Waals surface area contributed by atoms with Crippen LogP contribution in [0.3, 0.4) is 0 Å². The molecule has 0 bridgehead atoms. The first-order chi connectivity index (χ1) is 12.7. The van der Waals surface area contributed by atoms with Crippen molar-refractivity contribution in [2.75, 3.05) is 24.6 Å². The number of esters is 1. The standard InChI is InChI=1S/C22H27NO3/c1-2-3-10-26-22(25)21(15-6-4-5-7-15)19-9-8-18(12-20(19)24)23-13-16-11-17(16)14-23/h8-9,12,15-17,21,24H,4-7,10-11,13-14H2,1H3/t16-,17+,21?. The summed E-state index contributed by atoms with van der Waals surface area (Å²) in [5.74, 6) is 7.03. The van der Waals surface area contributed by atoms with Gasteiger partial charge in [0.25, 0.3) is 0 Å². The van der Waals surface area contributed by atoms with Crippen LogP contribution in [-0.4, -0.2) is 30.8 Å². The lowest BCUT2D eigenvalue weighted by Crippen LogP contribution is -2.24. The maximum Gasteiger partial charge on any atom is 0.314 e. The molecule has 3 aliphatic rings. The zero-order valence-electron chi connectivity index (χ0n) is 15.4. The Morgan fingerprint density at radius 3 is 2.69 bits per heavy atom. The molecule has 1 aromatic carbocycles. The summed E-state index contributed by atoms with van der Waals surface area (Å²) >= 11 is 0. The molecule has 3 fully saturated rings. The van der Waals surface area contributed by atoms with Crippen LogP contribution in [0, 0.1) is 29.6 Å². The first kappa shape index (κ1) is 17.3. The van der Waals surface area contributed by atoms with Crippen molar-refractivity contribution in [2.24, 2.45) is 17.8 Å². The molecule has 1 N–H and O–H groups in total. The second-order valence-electron chi connectivity index (χ2n) is 7.96. The van der Waals surface area contributed by atoms with Crippen LogP contribution in [-0.2, 0) is 9.53 Å². The summed E-state index contributed by atoms with van der Waals surface area (Å²) in [6, 6.07) is 5.83. The van der Waals surface area contributed by atoms with Gasteiger partial charge in [-0.1, -0.05) is 24.8 Å². The van der Waals surface area contributed by atoms with Crippen molar-refractivity contribution < 1.29 is 14.6 Å². The summed E-state index contributed by atoms with van der Waals surface area (Å²) in [5, 5.41) is 10.7. The molecule has 1 heterocycles. The lowest BCUT2D eigenvalue weighted by atomic mass is 9.84. The van der Waals surface area contributed by atoms with Crippen LogP contribution in [0.5, 0.6) is 5.75 Å². The SMILES string of the molecule is CC#CCOC(=O)C(c1ccc(N2C[C@H]3C[C@H]3C2)cc1O)C1CCCC1. The molecular weight excluding hydrogens is 326 g/mol. The number of hydrogen-bond acceptors (Lipinski definition) is 4. The van der Waals surface area contributed by atoms with Gasteiger partial charge in [-0.15, -0.1) is 5.92 Å². The molecule has 0 spiro atoms. The fourth-order valence-electron chi connectivity index (χ4n) is 4.73. The van der Waals surface area contributed by atoms with E-state index in [2.05, 4.69) is 22.8 Å². The van der Waals surface area contributed by atoms with Crippen LogP contribution in [0.1, 0.15) is 50.5 Å². The van der Waals surface area contributed by atoms with Crippen LogP contribution in [0.15, 0.2) is 18.2 Å². The number of rotatable bonds is 5. The third-order valence-corrected chi connectivity index (χ3v) is 6.28. The van der Waals surface area contributed by atoms with Gasteiger partial charge >= 0.3 is 5.97 Å². The van der Waals surface area contributed by atoms with Gasteiger partial charge in [0.2, 0.25) is 0 Å². The summed E-state index contributed by atoms with van der Waals surface area (Å²) in [4.78, 5) is 15.1. The lowest BCUT2D eigenvalue weighted by Gasteiger charge is -2.25. The molecule has 0 radical (unpaired) electrons. The van der Waals surface area contributed by atoms with Gasteiger partial charge in [0.15, 0.2) is 6.61 Å². The molecule has 4 nitrogen and oxygen atoms in total. The van der Waals surface area contributed by atoms with Crippen LogP contribution in [0.25, 0.3) is 0 Å². The topological polar surface area (TPSA) is 49.8 Å². The number of ether oxygens (including phenoxy) is 1. The molecule has 26 heavy (non-hydrogen) atoms. The van der Waals surface area contributed by atoms with Crippen molar-refractivity contribution in [3.8, 4) is 17.6 Å². The largest absolute Gasteiger partial charge is 0.508 e. The fourth-order valence-corrected chi connectivity index (χ4v) is 4.73. The average Bonchev–Trinajstić information content (AvgIpc) is 3.02. The number of carbonyl (C=O) groups is 1. The maximum atomic E-state index is 12.7. The van der Waals surface area contributed by atoms with E-state index in [9.17, 15) is 9.90 Å². The Bertz CT molecular complexity index is 731. The smallest absolute Gasteiger partial charge is 0.314 e. The predicted molar refractivity (Wildman–Crippen MR) is 101 cm³/mol. The lowest BCUT2D eigenvalue weighted by molar-refractivity contribution is -0.145. The Labute approximate surface area is 155 Å². The third-order valence-electron chi connectivity index (χ3n) is 6.28. The Morgan fingerprint density at radius 1 is 1.31 bits per heavy atom. The second-order valence-corrected chi connectivity index (χ2v) is 7.96.